The molecule has 23 heavy (non-hydrogen) atoms. The van der Waals surface area contributed by atoms with Crippen LogP contribution in [0.5, 0.6) is 0 Å². The van der Waals surface area contributed by atoms with Crippen LogP contribution in [0.2, 0.25) is 0 Å². The Balaban J connectivity index is 1.83. The van der Waals surface area contributed by atoms with Crippen molar-refractivity contribution in [1.29, 1.82) is 0 Å². The van der Waals surface area contributed by atoms with Crippen molar-refractivity contribution in [2.75, 3.05) is 11.9 Å². The van der Waals surface area contributed by atoms with Gasteiger partial charge < -0.3 is 16.0 Å². The Kier molecular flexibility index (Phi) is 5.57. The van der Waals surface area contributed by atoms with Gasteiger partial charge in [-0.05, 0) is 43.5 Å². The lowest BCUT2D eigenvalue weighted by Crippen LogP contribution is -2.39. The van der Waals surface area contributed by atoms with E-state index in [4.69, 9.17) is 0 Å². The summed E-state index contributed by atoms with van der Waals surface area (Å²) in [5, 5.41) is 8.19. The predicted molar refractivity (Wildman–Crippen MR) is 95.0 cm³/mol. The molecule has 1 aliphatic carbocycles. The van der Waals surface area contributed by atoms with Crippen LogP contribution in [0, 0.1) is 6.92 Å². The number of amides is 3. The van der Waals surface area contributed by atoms with Gasteiger partial charge in [-0.15, -0.1) is 11.8 Å². The van der Waals surface area contributed by atoms with E-state index in [0.717, 1.165) is 24.1 Å². The van der Waals surface area contributed by atoms with Crippen LogP contribution in [0.3, 0.4) is 0 Å². The summed E-state index contributed by atoms with van der Waals surface area (Å²) < 4.78 is 0.147. The molecule has 0 heterocycles. The third-order valence-corrected chi connectivity index (χ3v) is 4.32. The van der Waals surface area contributed by atoms with Gasteiger partial charge in [0.15, 0.2) is 0 Å². The summed E-state index contributed by atoms with van der Waals surface area (Å²) in [5.74, 6) is -0.142. The lowest BCUT2D eigenvalue weighted by atomic mass is 10.2. The highest BCUT2D eigenvalue weighted by Gasteiger charge is 2.23. The van der Waals surface area contributed by atoms with Gasteiger partial charge in [0, 0.05) is 21.4 Å². The Labute approximate surface area is 142 Å². The molecule has 0 spiro atoms. The fourth-order valence-corrected chi connectivity index (χ4v) is 3.11. The Bertz CT molecular complexity index is 592. The maximum atomic E-state index is 11.9. The van der Waals surface area contributed by atoms with Gasteiger partial charge in [0.2, 0.25) is 5.91 Å². The van der Waals surface area contributed by atoms with Crippen molar-refractivity contribution in [2.24, 2.45) is 0 Å². The van der Waals surface area contributed by atoms with Gasteiger partial charge in [-0.3, -0.25) is 4.79 Å². The van der Waals surface area contributed by atoms with Gasteiger partial charge in [-0.2, -0.15) is 0 Å². The fraction of sp³-hybridized carbons (Fsp3) is 0.529. The Morgan fingerprint density at radius 1 is 1.26 bits per heavy atom. The van der Waals surface area contributed by atoms with Gasteiger partial charge >= 0.3 is 6.03 Å². The smallest absolute Gasteiger partial charge is 0.319 e. The maximum Gasteiger partial charge on any atom is 0.319 e. The summed E-state index contributed by atoms with van der Waals surface area (Å²) in [6.07, 6.45) is 2.08. The van der Waals surface area contributed by atoms with E-state index in [-0.39, 0.29) is 23.2 Å². The molecule has 3 amide bonds. The molecule has 0 atom stereocenters. The van der Waals surface area contributed by atoms with Crippen LogP contribution >= 0.6 is 11.8 Å². The highest BCUT2D eigenvalue weighted by atomic mass is 32.2. The van der Waals surface area contributed by atoms with E-state index in [2.05, 4.69) is 42.8 Å². The third-order valence-electron chi connectivity index (χ3n) is 3.22. The second-order valence-corrected chi connectivity index (χ2v) is 8.74. The standard InChI is InChI=1S/C17H25N3O2S/c1-11-9-13(23-17(2,3)4)7-8-14(11)20-16(22)18-10-15(21)19-12-5-6-12/h7-9,12H,5-6,10H2,1-4H3,(H,19,21)(H2,18,20,22). The van der Waals surface area contributed by atoms with Gasteiger partial charge in [0.25, 0.3) is 0 Å². The zero-order chi connectivity index (χ0) is 17.0. The predicted octanol–water partition coefficient (Wildman–Crippen LogP) is 3.29. The van der Waals surface area contributed by atoms with Crippen molar-refractivity contribution in [1.82, 2.24) is 10.6 Å². The first-order chi connectivity index (χ1) is 10.7. The van der Waals surface area contributed by atoms with Crippen LogP contribution in [0.25, 0.3) is 0 Å². The van der Waals surface area contributed by atoms with E-state index in [1.807, 2.05) is 19.1 Å². The summed E-state index contributed by atoms with van der Waals surface area (Å²) >= 11 is 1.79. The lowest BCUT2D eigenvalue weighted by Gasteiger charge is -2.18. The van der Waals surface area contributed by atoms with E-state index in [1.54, 1.807) is 11.8 Å². The molecule has 0 aromatic heterocycles. The SMILES string of the molecule is Cc1cc(SC(C)(C)C)ccc1NC(=O)NCC(=O)NC1CC1. The molecular formula is C17H25N3O2S. The number of nitrogens with one attached hydrogen (secondary N) is 3. The number of aryl methyl sites for hydroxylation is 1. The lowest BCUT2D eigenvalue weighted by molar-refractivity contribution is -0.120. The highest BCUT2D eigenvalue weighted by Crippen LogP contribution is 2.33. The molecule has 1 aromatic rings. The van der Waals surface area contributed by atoms with Gasteiger partial charge in [-0.25, -0.2) is 4.79 Å². The summed E-state index contributed by atoms with van der Waals surface area (Å²) in [6, 6.07) is 5.90. The molecule has 0 saturated heterocycles. The quantitative estimate of drug-likeness (QED) is 0.723. The first-order valence-corrected chi connectivity index (χ1v) is 8.68. The van der Waals surface area contributed by atoms with Crippen LogP contribution in [-0.4, -0.2) is 29.3 Å². The number of carbonyl (C=O) groups excluding carboxylic acids is 2. The van der Waals surface area contributed by atoms with E-state index >= 15 is 0 Å². The maximum absolute atomic E-state index is 11.9. The summed E-state index contributed by atoms with van der Waals surface area (Å²) in [5.41, 5.74) is 1.75. The molecule has 2 rings (SSSR count). The average molecular weight is 335 g/mol. The highest BCUT2D eigenvalue weighted by molar-refractivity contribution is 8.00. The Morgan fingerprint density at radius 2 is 1.96 bits per heavy atom. The van der Waals surface area contributed by atoms with Crippen LogP contribution in [-0.2, 0) is 4.79 Å². The second kappa shape index (κ2) is 7.25. The molecular weight excluding hydrogens is 310 g/mol. The van der Waals surface area contributed by atoms with Crippen LogP contribution in [0.1, 0.15) is 39.2 Å². The molecule has 0 bridgehead atoms. The second-order valence-electron chi connectivity index (χ2n) is 6.84. The average Bonchev–Trinajstić information content (AvgIpc) is 3.22. The van der Waals surface area contributed by atoms with E-state index in [0.29, 0.717) is 6.04 Å². The monoisotopic (exact) mass is 335 g/mol. The number of benzene rings is 1. The van der Waals surface area contributed by atoms with Crippen molar-refractivity contribution in [3.63, 3.8) is 0 Å². The van der Waals surface area contributed by atoms with E-state index in [9.17, 15) is 9.59 Å². The van der Waals surface area contributed by atoms with E-state index in [1.165, 1.54) is 4.90 Å². The van der Waals surface area contributed by atoms with Crippen molar-refractivity contribution >= 4 is 29.4 Å². The van der Waals surface area contributed by atoms with Crippen LogP contribution in [0.15, 0.2) is 23.1 Å². The zero-order valence-electron chi connectivity index (χ0n) is 14.2. The van der Waals surface area contributed by atoms with Crippen LogP contribution < -0.4 is 16.0 Å². The topological polar surface area (TPSA) is 70.2 Å². The molecule has 0 radical (unpaired) electrons. The molecule has 1 fully saturated rings. The molecule has 1 aliphatic rings. The Morgan fingerprint density at radius 3 is 2.52 bits per heavy atom. The largest absolute Gasteiger partial charge is 0.352 e. The first-order valence-electron chi connectivity index (χ1n) is 7.87. The molecule has 5 nitrogen and oxygen atoms in total. The minimum Gasteiger partial charge on any atom is -0.352 e. The third kappa shape index (κ3) is 6.52. The van der Waals surface area contributed by atoms with Gasteiger partial charge in [0.05, 0.1) is 6.54 Å². The summed E-state index contributed by atoms with van der Waals surface area (Å²) in [7, 11) is 0. The number of thioether (sulfide) groups is 1. The number of carbonyl (C=O) groups is 2. The molecule has 6 heteroatoms. The number of urea groups is 1. The van der Waals surface area contributed by atoms with Gasteiger partial charge in [-0.1, -0.05) is 20.8 Å². The number of rotatable bonds is 5. The summed E-state index contributed by atoms with van der Waals surface area (Å²) in [6.45, 7) is 8.46. The zero-order valence-corrected chi connectivity index (χ0v) is 15.0. The van der Waals surface area contributed by atoms with Crippen molar-refractivity contribution in [3.05, 3.63) is 23.8 Å². The fourth-order valence-electron chi connectivity index (χ4n) is 2.03. The van der Waals surface area contributed by atoms with Crippen molar-refractivity contribution < 1.29 is 9.59 Å². The number of anilines is 1. The minimum atomic E-state index is -0.365. The Hall–Kier alpha value is -1.69. The molecule has 0 unspecified atom stereocenters. The molecule has 1 saturated carbocycles. The molecule has 0 aliphatic heterocycles. The van der Waals surface area contributed by atoms with Crippen molar-refractivity contribution in [2.45, 2.75) is 56.2 Å². The first kappa shape index (κ1) is 17.7. The number of hydrogen-bond acceptors (Lipinski definition) is 3. The molecule has 3 N–H and O–H groups in total. The molecule has 1 aromatic carbocycles. The number of hydrogen-bond donors (Lipinski definition) is 3. The normalized spacial score (nSPS) is 14.3. The van der Waals surface area contributed by atoms with E-state index < -0.39 is 0 Å². The molecule has 126 valence electrons. The minimum absolute atomic E-state index is 0.000654. The summed E-state index contributed by atoms with van der Waals surface area (Å²) in [4.78, 5) is 24.6. The van der Waals surface area contributed by atoms with Gasteiger partial charge in [0.1, 0.15) is 0 Å². The van der Waals surface area contributed by atoms with Crippen LogP contribution in [0.4, 0.5) is 10.5 Å². The van der Waals surface area contributed by atoms with Crippen molar-refractivity contribution in [3.8, 4) is 0 Å².